The van der Waals surface area contributed by atoms with Crippen LogP contribution in [0.1, 0.15) is 43.9 Å². The van der Waals surface area contributed by atoms with Gasteiger partial charge in [0.2, 0.25) is 5.78 Å². The second kappa shape index (κ2) is 8.53. The van der Waals surface area contributed by atoms with Crippen molar-refractivity contribution in [2.24, 2.45) is 23.0 Å². The number of carbonyl (C=O) groups is 4. The first kappa shape index (κ1) is 26.6. The molecule has 0 saturated heterocycles. The molecule has 1 aromatic rings. The molecule has 1 amide bonds. The lowest BCUT2D eigenvalue weighted by Gasteiger charge is -2.50. The number of likely N-dealkylation sites (N-methyl/N-ethyl adjacent to an activating group) is 1. The Balaban J connectivity index is 1.87. The average molecular weight is 513 g/mol. The zero-order valence-corrected chi connectivity index (χ0v) is 21.5. The molecule has 6 N–H and O–H groups in total. The number of primary amides is 1. The molecule has 4 atom stereocenters. The van der Waals surface area contributed by atoms with E-state index < -0.39 is 63.5 Å². The highest BCUT2D eigenvalue weighted by molar-refractivity contribution is 6.24. The van der Waals surface area contributed by atoms with Crippen LogP contribution in [0.2, 0.25) is 0 Å². The second-order valence-electron chi connectivity index (χ2n) is 11.5. The van der Waals surface area contributed by atoms with Gasteiger partial charge < -0.3 is 26.2 Å². The van der Waals surface area contributed by atoms with Crippen LogP contribution in [0.5, 0.6) is 5.75 Å². The van der Waals surface area contributed by atoms with E-state index in [2.05, 4.69) is 0 Å². The maximum absolute atomic E-state index is 13.8. The molecule has 3 aliphatic rings. The van der Waals surface area contributed by atoms with Crippen molar-refractivity contribution >= 4 is 29.0 Å². The number of ketones is 3. The van der Waals surface area contributed by atoms with Crippen LogP contribution in [0.25, 0.3) is 5.76 Å². The van der Waals surface area contributed by atoms with Gasteiger partial charge in [-0.25, -0.2) is 0 Å². The van der Waals surface area contributed by atoms with Gasteiger partial charge in [-0.05, 0) is 50.0 Å². The molecule has 0 aliphatic heterocycles. The number of phenols is 1. The summed E-state index contributed by atoms with van der Waals surface area (Å²) >= 11 is 0. The number of fused-ring (bicyclic) bond motifs is 3. The lowest BCUT2D eigenvalue weighted by atomic mass is 9.57. The van der Waals surface area contributed by atoms with Crippen LogP contribution in [-0.4, -0.2) is 74.3 Å². The van der Waals surface area contributed by atoms with Crippen LogP contribution in [0.15, 0.2) is 29.0 Å². The lowest BCUT2D eigenvalue weighted by molar-refractivity contribution is -0.153. The largest absolute Gasteiger partial charge is 0.508 e. The highest BCUT2D eigenvalue weighted by Gasteiger charge is 2.64. The van der Waals surface area contributed by atoms with Crippen molar-refractivity contribution in [1.82, 2.24) is 4.90 Å². The maximum atomic E-state index is 13.8. The molecule has 198 valence electrons. The quantitative estimate of drug-likeness (QED) is 0.370. The van der Waals surface area contributed by atoms with Gasteiger partial charge in [-0.1, -0.05) is 26.8 Å². The number of aliphatic hydroxyl groups excluding tert-OH is 2. The Labute approximate surface area is 214 Å². The van der Waals surface area contributed by atoms with Crippen LogP contribution >= 0.6 is 0 Å². The van der Waals surface area contributed by atoms with Gasteiger partial charge in [-0.2, -0.15) is 0 Å². The van der Waals surface area contributed by atoms with E-state index in [1.165, 1.54) is 11.0 Å². The van der Waals surface area contributed by atoms with E-state index in [0.717, 1.165) is 0 Å². The molecule has 0 bridgehead atoms. The number of nitrogens with two attached hydrogens (primary N) is 1. The summed E-state index contributed by atoms with van der Waals surface area (Å²) in [5.74, 6) is -6.97. The third-order valence-electron chi connectivity index (χ3n) is 7.79. The summed E-state index contributed by atoms with van der Waals surface area (Å²) < 4.78 is 0. The summed E-state index contributed by atoms with van der Waals surface area (Å²) in [5, 5.41) is 44.3. The minimum atomic E-state index is -2.67. The molecule has 0 spiro atoms. The van der Waals surface area contributed by atoms with E-state index in [4.69, 9.17) is 5.73 Å². The van der Waals surface area contributed by atoms with Crippen molar-refractivity contribution in [2.45, 2.75) is 51.7 Å². The summed E-state index contributed by atoms with van der Waals surface area (Å²) in [4.78, 5) is 52.9. The van der Waals surface area contributed by atoms with Crippen molar-refractivity contribution < 1.29 is 39.6 Å². The molecule has 4 rings (SSSR count). The number of carbonyl (C=O) groups excluding carboxylic acids is 4. The first-order valence-corrected chi connectivity index (χ1v) is 12.0. The molecule has 10 heteroatoms. The molecule has 1 saturated carbocycles. The van der Waals surface area contributed by atoms with Gasteiger partial charge in [-0.15, -0.1) is 0 Å². The molecule has 37 heavy (non-hydrogen) atoms. The van der Waals surface area contributed by atoms with E-state index in [1.807, 2.05) is 0 Å². The zero-order chi connectivity index (χ0) is 27.8. The SMILES string of the molecule is CN(C)[C@@H]1C(=O)C(C(N)=O)=C(O)[C@@]2(O)C(=O)C3=C(O)c4c(O)cc(CC(=O)C(C)(C)C)cc4C[C@H]3C[C@@H]12. The molecule has 3 aliphatic carbocycles. The molecule has 10 nitrogen and oxygen atoms in total. The molecular weight excluding hydrogens is 480 g/mol. The van der Waals surface area contributed by atoms with Gasteiger partial charge in [-0.3, -0.25) is 24.1 Å². The predicted molar refractivity (Wildman–Crippen MR) is 132 cm³/mol. The van der Waals surface area contributed by atoms with Gasteiger partial charge in [0, 0.05) is 23.3 Å². The standard InChI is InChI=1S/C27H32N2O8/c1-26(2,3)16(31)8-11-6-12-9-13-10-14-20(29(4)5)22(33)19(25(28)36)24(35)27(14,37)23(34)18(13)21(32)17(12)15(30)7-11/h6-7,13-14,20,30,32,35,37H,8-10H2,1-5H3,(H2,28,36)/t13-,14-,20-,27-/m0/s1. The number of nitrogens with zero attached hydrogens (tertiary/aromatic N) is 1. The summed E-state index contributed by atoms with van der Waals surface area (Å²) in [5.41, 5.74) is 2.08. The monoisotopic (exact) mass is 512 g/mol. The minimum Gasteiger partial charge on any atom is -0.508 e. The Hall–Kier alpha value is -3.50. The average Bonchev–Trinajstić information content (AvgIpc) is 2.74. The number of rotatable bonds is 4. The molecule has 0 radical (unpaired) electrons. The molecule has 1 aromatic carbocycles. The van der Waals surface area contributed by atoms with Crippen LogP contribution in [0.4, 0.5) is 0 Å². The van der Waals surface area contributed by atoms with Crippen molar-refractivity contribution in [3.63, 3.8) is 0 Å². The maximum Gasteiger partial charge on any atom is 0.255 e. The summed E-state index contributed by atoms with van der Waals surface area (Å²) in [6, 6.07) is 1.92. The number of phenolic OH excluding ortho intramolecular Hbond substituents is 1. The topological polar surface area (TPSA) is 178 Å². The fourth-order valence-corrected chi connectivity index (χ4v) is 5.89. The number of hydrogen-bond acceptors (Lipinski definition) is 9. The van der Waals surface area contributed by atoms with Crippen LogP contribution in [0.3, 0.4) is 0 Å². The van der Waals surface area contributed by atoms with Gasteiger partial charge in [0.05, 0.1) is 11.6 Å². The zero-order valence-electron chi connectivity index (χ0n) is 21.5. The number of aliphatic hydroxyl groups is 3. The van der Waals surface area contributed by atoms with E-state index >= 15 is 0 Å². The Bertz CT molecular complexity index is 1320. The smallest absolute Gasteiger partial charge is 0.255 e. The first-order valence-electron chi connectivity index (χ1n) is 12.0. The highest BCUT2D eigenvalue weighted by Crippen LogP contribution is 2.52. The normalized spacial score (nSPS) is 27.7. The molecule has 1 fully saturated rings. The lowest BCUT2D eigenvalue weighted by Crippen LogP contribution is -2.65. The summed E-state index contributed by atoms with van der Waals surface area (Å²) in [7, 11) is 3.09. The molecule has 0 unspecified atom stereocenters. The molecule has 0 heterocycles. The number of Topliss-reactive ketones (excluding diaryl/α,β-unsaturated/α-hetero) is 3. The molecular formula is C27H32N2O8. The van der Waals surface area contributed by atoms with Gasteiger partial charge in [0.15, 0.2) is 11.4 Å². The number of hydrogen-bond donors (Lipinski definition) is 5. The van der Waals surface area contributed by atoms with E-state index in [9.17, 15) is 39.6 Å². The van der Waals surface area contributed by atoms with Gasteiger partial charge >= 0.3 is 0 Å². The predicted octanol–water partition coefficient (Wildman–Crippen LogP) is 1.12. The highest BCUT2D eigenvalue weighted by atomic mass is 16.3. The fourth-order valence-electron chi connectivity index (χ4n) is 5.89. The Morgan fingerprint density at radius 2 is 1.76 bits per heavy atom. The number of amides is 1. The fraction of sp³-hybridized carbons (Fsp3) is 0.481. The Morgan fingerprint density at radius 1 is 1.14 bits per heavy atom. The van der Waals surface area contributed by atoms with Crippen molar-refractivity contribution in [1.29, 1.82) is 0 Å². The number of aromatic hydroxyl groups is 1. The van der Waals surface area contributed by atoms with Gasteiger partial charge in [0.25, 0.3) is 5.91 Å². The summed E-state index contributed by atoms with van der Waals surface area (Å²) in [6.45, 7) is 5.39. The Kier molecular flexibility index (Phi) is 6.12. The van der Waals surface area contributed by atoms with E-state index in [1.54, 1.807) is 40.9 Å². The van der Waals surface area contributed by atoms with Crippen LogP contribution in [-0.2, 0) is 32.0 Å². The second-order valence-corrected chi connectivity index (χ2v) is 11.5. The summed E-state index contributed by atoms with van der Waals surface area (Å²) in [6.07, 6.45) is 0.261. The Morgan fingerprint density at radius 3 is 2.30 bits per heavy atom. The van der Waals surface area contributed by atoms with Crippen LogP contribution in [0, 0.1) is 17.3 Å². The van der Waals surface area contributed by atoms with E-state index in [-0.39, 0.29) is 41.9 Å². The van der Waals surface area contributed by atoms with Crippen molar-refractivity contribution in [3.8, 4) is 5.75 Å². The molecule has 0 aromatic heterocycles. The number of benzene rings is 1. The van der Waals surface area contributed by atoms with Crippen molar-refractivity contribution in [2.75, 3.05) is 14.1 Å². The third-order valence-corrected chi connectivity index (χ3v) is 7.79. The minimum absolute atomic E-state index is 0.00301. The first-order chi connectivity index (χ1) is 17.0. The third kappa shape index (κ3) is 3.86. The van der Waals surface area contributed by atoms with Crippen molar-refractivity contribution in [3.05, 3.63) is 45.7 Å². The van der Waals surface area contributed by atoms with Gasteiger partial charge in [0.1, 0.15) is 28.6 Å². The van der Waals surface area contributed by atoms with E-state index in [0.29, 0.717) is 11.1 Å². The van der Waals surface area contributed by atoms with Crippen LogP contribution < -0.4 is 5.73 Å².